The summed E-state index contributed by atoms with van der Waals surface area (Å²) < 4.78 is 0. The first kappa shape index (κ1) is 6.05. The standard InChI is InChI=1S/C6H13NO/c1-7(2)5-6(8)3-4-6/h8H,3-5H2,1-2H3. The number of hydrogen-bond donors (Lipinski definition) is 1. The van der Waals surface area contributed by atoms with E-state index in [1.807, 2.05) is 19.0 Å². The van der Waals surface area contributed by atoms with Crippen molar-refractivity contribution in [2.24, 2.45) is 0 Å². The minimum Gasteiger partial charge on any atom is -0.389 e. The summed E-state index contributed by atoms with van der Waals surface area (Å²) in [4.78, 5) is 2.02. The van der Waals surface area contributed by atoms with Crippen LogP contribution in [0.15, 0.2) is 0 Å². The maximum Gasteiger partial charge on any atom is 0.0776 e. The van der Waals surface area contributed by atoms with Crippen LogP contribution < -0.4 is 0 Å². The Morgan fingerprint density at radius 3 is 2.12 bits per heavy atom. The summed E-state index contributed by atoms with van der Waals surface area (Å²) >= 11 is 0. The van der Waals surface area contributed by atoms with E-state index in [9.17, 15) is 5.11 Å². The van der Waals surface area contributed by atoms with E-state index in [1.54, 1.807) is 0 Å². The third-order valence-electron chi connectivity index (χ3n) is 1.44. The molecule has 0 spiro atoms. The van der Waals surface area contributed by atoms with Crippen LogP contribution in [0.2, 0.25) is 0 Å². The Labute approximate surface area is 50.1 Å². The second-order valence-corrected chi connectivity index (χ2v) is 2.96. The molecule has 1 N–H and O–H groups in total. The molecule has 48 valence electrons. The molecule has 0 saturated heterocycles. The molecule has 0 bridgehead atoms. The Hall–Kier alpha value is -0.0800. The Morgan fingerprint density at radius 2 is 2.00 bits per heavy atom. The highest BCUT2D eigenvalue weighted by Crippen LogP contribution is 2.34. The maximum absolute atomic E-state index is 9.26. The third kappa shape index (κ3) is 1.46. The van der Waals surface area contributed by atoms with Gasteiger partial charge in [-0.25, -0.2) is 0 Å². The van der Waals surface area contributed by atoms with Crippen molar-refractivity contribution in [2.75, 3.05) is 20.6 Å². The van der Waals surface area contributed by atoms with Gasteiger partial charge in [0.2, 0.25) is 0 Å². The smallest absolute Gasteiger partial charge is 0.0776 e. The highest BCUT2D eigenvalue weighted by molar-refractivity contribution is 4.94. The highest BCUT2D eigenvalue weighted by Gasteiger charge is 2.40. The molecule has 1 aliphatic rings. The first-order valence-corrected chi connectivity index (χ1v) is 2.99. The predicted molar refractivity (Wildman–Crippen MR) is 32.7 cm³/mol. The molecule has 0 heterocycles. The van der Waals surface area contributed by atoms with Crippen LogP contribution in [0.5, 0.6) is 0 Å². The van der Waals surface area contributed by atoms with Gasteiger partial charge in [-0.15, -0.1) is 0 Å². The molecule has 0 unspecified atom stereocenters. The molecule has 0 amide bonds. The largest absolute Gasteiger partial charge is 0.389 e. The normalized spacial score (nSPS) is 24.0. The molecule has 1 fully saturated rings. The summed E-state index contributed by atoms with van der Waals surface area (Å²) in [7, 11) is 3.96. The maximum atomic E-state index is 9.26. The molecule has 0 radical (unpaired) electrons. The second-order valence-electron chi connectivity index (χ2n) is 2.96. The van der Waals surface area contributed by atoms with Gasteiger partial charge in [0.25, 0.3) is 0 Å². The van der Waals surface area contributed by atoms with Crippen LogP contribution in [0, 0.1) is 0 Å². The van der Waals surface area contributed by atoms with Crippen LogP contribution in [0.1, 0.15) is 12.8 Å². The zero-order valence-electron chi connectivity index (χ0n) is 5.52. The molecular formula is C6H13NO. The van der Waals surface area contributed by atoms with Gasteiger partial charge < -0.3 is 10.0 Å². The Morgan fingerprint density at radius 1 is 1.50 bits per heavy atom. The van der Waals surface area contributed by atoms with Crippen LogP contribution in [0.25, 0.3) is 0 Å². The Bertz CT molecular complexity index is 86.5. The van der Waals surface area contributed by atoms with Crippen molar-refractivity contribution in [2.45, 2.75) is 18.4 Å². The van der Waals surface area contributed by atoms with E-state index < -0.39 is 0 Å². The number of hydrogen-bond acceptors (Lipinski definition) is 2. The fourth-order valence-corrected chi connectivity index (χ4v) is 0.891. The summed E-state index contributed by atoms with van der Waals surface area (Å²) in [5.74, 6) is 0. The molecule has 0 aromatic heterocycles. The Kier molecular flexibility index (Phi) is 1.29. The van der Waals surface area contributed by atoms with Crippen molar-refractivity contribution >= 4 is 0 Å². The molecule has 0 aromatic carbocycles. The molecular weight excluding hydrogens is 102 g/mol. The number of likely N-dealkylation sites (N-methyl/N-ethyl adjacent to an activating group) is 1. The van der Waals surface area contributed by atoms with Crippen LogP contribution in [-0.2, 0) is 0 Å². The van der Waals surface area contributed by atoms with Crippen LogP contribution in [0.3, 0.4) is 0 Å². The lowest BCUT2D eigenvalue weighted by molar-refractivity contribution is 0.114. The van der Waals surface area contributed by atoms with E-state index in [2.05, 4.69) is 0 Å². The molecule has 0 aliphatic heterocycles. The lowest BCUT2D eigenvalue weighted by Crippen LogP contribution is -2.26. The van der Waals surface area contributed by atoms with E-state index in [4.69, 9.17) is 0 Å². The summed E-state index contributed by atoms with van der Waals surface area (Å²) in [6.45, 7) is 0.826. The van der Waals surface area contributed by atoms with Gasteiger partial charge in [-0.2, -0.15) is 0 Å². The Balaban J connectivity index is 2.19. The first-order chi connectivity index (χ1) is 3.62. The van der Waals surface area contributed by atoms with E-state index in [0.29, 0.717) is 0 Å². The summed E-state index contributed by atoms with van der Waals surface area (Å²) in [6.07, 6.45) is 1.98. The SMILES string of the molecule is CN(C)CC1(O)CC1. The van der Waals surface area contributed by atoms with Gasteiger partial charge in [-0.1, -0.05) is 0 Å². The quantitative estimate of drug-likeness (QED) is 0.550. The van der Waals surface area contributed by atoms with Crippen molar-refractivity contribution in [3.8, 4) is 0 Å². The topological polar surface area (TPSA) is 23.5 Å². The van der Waals surface area contributed by atoms with E-state index >= 15 is 0 Å². The van der Waals surface area contributed by atoms with Crippen LogP contribution >= 0.6 is 0 Å². The van der Waals surface area contributed by atoms with Gasteiger partial charge in [0, 0.05) is 6.54 Å². The number of nitrogens with zero attached hydrogens (tertiary/aromatic N) is 1. The van der Waals surface area contributed by atoms with Crippen molar-refractivity contribution in [3.05, 3.63) is 0 Å². The fraction of sp³-hybridized carbons (Fsp3) is 1.00. The van der Waals surface area contributed by atoms with Crippen LogP contribution in [-0.4, -0.2) is 36.2 Å². The predicted octanol–water partition coefficient (Wildman–Crippen LogP) is 0.0729. The molecule has 1 saturated carbocycles. The second kappa shape index (κ2) is 1.71. The van der Waals surface area contributed by atoms with E-state index in [-0.39, 0.29) is 5.60 Å². The van der Waals surface area contributed by atoms with Gasteiger partial charge >= 0.3 is 0 Å². The van der Waals surface area contributed by atoms with Crippen LogP contribution in [0.4, 0.5) is 0 Å². The van der Waals surface area contributed by atoms with Gasteiger partial charge in [-0.3, -0.25) is 0 Å². The zero-order valence-corrected chi connectivity index (χ0v) is 5.52. The summed E-state index contributed by atoms with van der Waals surface area (Å²) in [5, 5.41) is 9.26. The van der Waals surface area contributed by atoms with Crippen molar-refractivity contribution in [1.82, 2.24) is 4.90 Å². The average molecular weight is 115 g/mol. The zero-order chi connectivity index (χ0) is 6.20. The van der Waals surface area contributed by atoms with E-state index in [1.165, 1.54) is 0 Å². The molecule has 2 nitrogen and oxygen atoms in total. The molecule has 8 heavy (non-hydrogen) atoms. The number of aliphatic hydroxyl groups is 1. The molecule has 2 heteroatoms. The van der Waals surface area contributed by atoms with E-state index in [0.717, 1.165) is 19.4 Å². The molecule has 1 rings (SSSR count). The summed E-state index contributed by atoms with van der Waals surface area (Å²) in [6, 6.07) is 0. The molecule has 0 atom stereocenters. The van der Waals surface area contributed by atoms with Gasteiger partial charge in [-0.05, 0) is 26.9 Å². The van der Waals surface area contributed by atoms with Gasteiger partial charge in [0.15, 0.2) is 0 Å². The molecule has 1 aliphatic carbocycles. The van der Waals surface area contributed by atoms with Gasteiger partial charge in [0.05, 0.1) is 5.60 Å². The summed E-state index contributed by atoms with van der Waals surface area (Å²) in [5.41, 5.74) is -0.302. The van der Waals surface area contributed by atoms with Crippen molar-refractivity contribution < 1.29 is 5.11 Å². The highest BCUT2D eigenvalue weighted by atomic mass is 16.3. The van der Waals surface area contributed by atoms with Gasteiger partial charge in [0.1, 0.15) is 0 Å². The average Bonchev–Trinajstić information content (AvgIpc) is 2.17. The van der Waals surface area contributed by atoms with Crippen molar-refractivity contribution in [3.63, 3.8) is 0 Å². The fourth-order valence-electron chi connectivity index (χ4n) is 0.891. The molecule has 0 aromatic rings. The minimum atomic E-state index is -0.302. The minimum absolute atomic E-state index is 0.302. The van der Waals surface area contributed by atoms with Crippen molar-refractivity contribution in [1.29, 1.82) is 0 Å². The third-order valence-corrected chi connectivity index (χ3v) is 1.44. The number of rotatable bonds is 2. The first-order valence-electron chi connectivity index (χ1n) is 2.99. The monoisotopic (exact) mass is 115 g/mol. The lowest BCUT2D eigenvalue weighted by Gasteiger charge is -2.13. The lowest BCUT2D eigenvalue weighted by atomic mass is 10.3.